The number of hydrogen-bond donors (Lipinski definition) is 1. The fourth-order valence-corrected chi connectivity index (χ4v) is 3.47. The van der Waals surface area contributed by atoms with Gasteiger partial charge in [-0.2, -0.15) is 0 Å². The standard InChI is InChI=1S/C20H18BrN3O6/c1-12-2-4-14(5-3-12)23-10-13(8-19(23)26)20(27)30-11-18(25)22-17-7-6-15(24(28)29)9-16(17)21/h2-7,9,13H,8,10-11H2,1H3,(H,22,25). The highest BCUT2D eigenvalue weighted by Gasteiger charge is 2.36. The van der Waals surface area contributed by atoms with Crippen LogP contribution < -0.4 is 10.2 Å². The van der Waals surface area contributed by atoms with Gasteiger partial charge in [0.05, 0.1) is 16.5 Å². The lowest BCUT2D eigenvalue weighted by atomic mass is 10.1. The fraction of sp³-hybridized carbons (Fsp3) is 0.250. The summed E-state index contributed by atoms with van der Waals surface area (Å²) in [5.74, 6) is -2.06. The van der Waals surface area contributed by atoms with Crippen LogP contribution in [0.15, 0.2) is 46.9 Å². The highest BCUT2D eigenvalue weighted by Crippen LogP contribution is 2.28. The molecule has 2 amide bonds. The molecule has 1 aliphatic heterocycles. The van der Waals surface area contributed by atoms with Crippen molar-refractivity contribution in [3.63, 3.8) is 0 Å². The monoisotopic (exact) mass is 475 g/mol. The van der Waals surface area contributed by atoms with E-state index < -0.39 is 29.3 Å². The number of carbonyl (C=O) groups is 3. The first-order valence-electron chi connectivity index (χ1n) is 9.02. The predicted octanol–water partition coefficient (Wildman–Crippen LogP) is 3.20. The summed E-state index contributed by atoms with van der Waals surface area (Å²) in [7, 11) is 0. The molecule has 1 N–H and O–H groups in total. The van der Waals surface area contributed by atoms with E-state index >= 15 is 0 Å². The smallest absolute Gasteiger partial charge is 0.311 e. The first kappa shape index (κ1) is 21.4. The SMILES string of the molecule is Cc1ccc(N2CC(C(=O)OCC(=O)Nc3ccc([N+](=O)[O-])cc3Br)CC2=O)cc1. The van der Waals surface area contributed by atoms with Gasteiger partial charge >= 0.3 is 5.97 Å². The van der Waals surface area contributed by atoms with Gasteiger partial charge in [-0.1, -0.05) is 17.7 Å². The molecule has 1 heterocycles. The zero-order valence-electron chi connectivity index (χ0n) is 16.0. The van der Waals surface area contributed by atoms with E-state index in [9.17, 15) is 24.5 Å². The van der Waals surface area contributed by atoms with E-state index in [1.165, 1.54) is 23.1 Å². The first-order chi connectivity index (χ1) is 14.2. The zero-order valence-corrected chi connectivity index (χ0v) is 17.5. The van der Waals surface area contributed by atoms with Crippen molar-refractivity contribution in [3.05, 3.63) is 62.6 Å². The summed E-state index contributed by atoms with van der Waals surface area (Å²) in [6.07, 6.45) is 0.0161. The molecule has 1 saturated heterocycles. The maximum atomic E-state index is 12.3. The summed E-state index contributed by atoms with van der Waals surface area (Å²) in [6.45, 7) is 1.60. The molecule has 1 unspecified atom stereocenters. The van der Waals surface area contributed by atoms with E-state index in [1.54, 1.807) is 0 Å². The molecule has 10 heteroatoms. The van der Waals surface area contributed by atoms with Gasteiger partial charge in [-0.3, -0.25) is 24.5 Å². The number of anilines is 2. The van der Waals surface area contributed by atoms with Crippen molar-refractivity contribution in [1.82, 2.24) is 0 Å². The highest BCUT2D eigenvalue weighted by molar-refractivity contribution is 9.10. The number of ether oxygens (including phenoxy) is 1. The number of nitro groups is 1. The third-order valence-electron chi connectivity index (χ3n) is 4.59. The number of nitro benzene ring substituents is 1. The Hall–Kier alpha value is -3.27. The first-order valence-corrected chi connectivity index (χ1v) is 9.81. The van der Waals surface area contributed by atoms with Crippen LogP contribution in [0.3, 0.4) is 0 Å². The number of aryl methyl sites for hydroxylation is 1. The molecule has 156 valence electrons. The van der Waals surface area contributed by atoms with Crippen molar-refractivity contribution in [2.45, 2.75) is 13.3 Å². The quantitative estimate of drug-likeness (QED) is 0.389. The Morgan fingerprint density at radius 3 is 2.60 bits per heavy atom. The predicted molar refractivity (Wildman–Crippen MR) is 112 cm³/mol. The molecule has 1 fully saturated rings. The van der Waals surface area contributed by atoms with E-state index in [4.69, 9.17) is 4.74 Å². The molecular weight excluding hydrogens is 458 g/mol. The second-order valence-electron chi connectivity index (χ2n) is 6.82. The number of amides is 2. The van der Waals surface area contributed by atoms with E-state index in [2.05, 4.69) is 21.2 Å². The van der Waals surface area contributed by atoms with Crippen LogP contribution in [0.25, 0.3) is 0 Å². The van der Waals surface area contributed by atoms with Crippen LogP contribution in [0, 0.1) is 23.0 Å². The second-order valence-corrected chi connectivity index (χ2v) is 7.67. The van der Waals surface area contributed by atoms with E-state index in [1.807, 2.05) is 31.2 Å². The lowest BCUT2D eigenvalue weighted by Gasteiger charge is -2.16. The summed E-state index contributed by atoms with van der Waals surface area (Å²) < 4.78 is 5.39. The Morgan fingerprint density at radius 2 is 1.97 bits per heavy atom. The number of rotatable bonds is 6. The normalized spacial score (nSPS) is 15.7. The van der Waals surface area contributed by atoms with Crippen LogP contribution in [0.4, 0.5) is 17.1 Å². The minimum absolute atomic E-state index is 0.0161. The number of esters is 1. The molecule has 0 spiro atoms. The van der Waals surface area contributed by atoms with Gasteiger partial charge in [0.15, 0.2) is 6.61 Å². The Bertz CT molecular complexity index is 1010. The summed E-state index contributed by atoms with van der Waals surface area (Å²) in [5.41, 5.74) is 1.95. The van der Waals surface area contributed by atoms with Crippen LogP contribution in [-0.4, -0.2) is 35.9 Å². The molecule has 0 bridgehead atoms. The molecule has 30 heavy (non-hydrogen) atoms. The summed E-state index contributed by atoms with van der Waals surface area (Å²) in [5, 5.41) is 13.3. The Kier molecular flexibility index (Phi) is 6.46. The number of non-ortho nitro benzene ring substituents is 1. The second kappa shape index (κ2) is 9.04. The van der Waals surface area contributed by atoms with Gasteiger partial charge in [-0.25, -0.2) is 0 Å². The lowest BCUT2D eigenvalue weighted by Crippen LogP contribution is -2.28. The maximum absolute atomic E-state index is 12.3. The molecule has 0 saturated carbocycles. The molecular formula is C20H18BrN3O6. The number of carbonyl (C=O) groups excluding carboxylic acids is 3. The largest absolute Gasteiger partial charge is 0.455 e. The van der Waals surface area contributed by atoms with Crippen molar-refractivity contribution < 1.29 is 24.0 Å². The summed E-state index contributed by atoms with van der Waals surface area (Å²) in [6, 6.07) is 11.3. The molecule has 1 aliphatic rings. The molecule has 1 atom stereocenters. The summed E-state index contributed by atoms with van der Waals surface area (Å²) in [4.78, 5) is 48.3. The third kappa shape index (κ3) is 5.01. The highest BCUT2D eigenvalue weighted by atomic mass is 79.9. The summed E-state index contributed by atoms with van der Waals surface area (Å²) >= 11 is 3.15. The molecule has 9 nitrogen and oxygen atoms in total. The van der Waals surface area contributed by atoms with E-state index in [0.29, 0.717) is 15.8 Å². The van der Waals surface area contributed by atoms with Gasteiger partial charge in [0.2, 0.25) is 5.91 Å². The van der Waals surface area contributed by atoms with Gasteiger partial charge in [0, 0.05) is 35.3 Å². The number of hydrogen-bond acceptors (Lipinski definition) is 6. The van der Waals surface area contributed by atoms with Crippen LogP contribution in [0.1, 0.15) is 12.0 Å². The maximum Gasteiger partial charge on any atom is 0.311 e. The topological polar surface area (TPSA) is 119 Å². The average Bonchev–Trinajstić information content (AvgIpc) is 3.10. The van der Waals surface area contributed by atoms with Gasteiger partial charge in [0.1, 0.15) is 0 Å². The Labute approximate surface area is 180 Å². The van der Waals surface area contributed by atoms with Crippen LogP contribution in [-0.2, 0) is 19.1 Å². The number of benzene rings is 2. The van der Waals surface area contributed by atoms with Gasteiger partial charge < -0.3 is 15.0 Å². The van der Waals surface area contributed by atoms with Crippen molar-refractivity contribution >= 4 is 50.8 Å². The number of nitrogens with zero attached hydrogens (tertiary/aromatic N) is 2. The third-order valence-corrected chi connectivity index (χ3v) is 5.24. The minimum atomic E-state index is -0.655. The number of nitrogens with one attached hydrogen (secondary N) is 1. The molecule has 0 aliphatic carbocycles. The number of halogens is 1. The van der Waals surface area contributed by atoms with Gasteiger partial charge in [0.25, 0.3) is 11.6 Å². The molecule has 0 aromatic heterocycles. The fourth-order valence-electron chi connectivity index (χ4n) is 3.00. The Balaban J connectivity index is 1.53. The van der Waals surface area contributed by atoms with E-state index in [0.717, 1.165) is 5.56 Å². The van der Waals surface area contributed by atoms with Gasteiger partial charge in [-0.15, -0.1) is 0 Å². The van der Waals surface area contributed by atoms with E-state index in [-0.39, 0.29) is 24.6 Å². The van der Waals surface area contributed by atoms with Crippen LogP contribution in [0.5, 0.6) is 0 Å². The van der Waals surface area contributed by atoms with Gasteiger partial charge in [-0.05, 0) is 41.1 Å². The zero-order chi connectivity index (χ0) is 21.8. The Morgan fingerprint density at radius 1 is 1.27 bits per heavy atom. The van der Waals surface area contributed by atoms with Crippen molar-refractivity contribution in [1.29, 1.82) is 0 Å². The minimum Gasteiger partial charge on any atom is -0.455 e. The molecule has 0 radical (unpaired) electrons. The molecule has 2 aromatic carbocycles. The van der Waals surface area contributed by atoms with Crippen molar-refractivity contribution in [3.8, 4) is 0 Å². The molecule has 2 aromatic rings. The lowest BCUT2D eigenvalue weighted by molar-refractivity contribution is -0.384. The van der Waals surface area contributed by atoms with Crippen LogP contribution in [0.2, 0.25) is 0 Å². The van der Waals surface area contributed by atoms with Crippen LogP contribution >= 0.6 is 15.9 Å². The molecule has 3 rings (SSSR count). The van der Waals surface area contributed by atoms with Crippen molar-refractivity contribution in [2.24, 2.45) is 5.92 Å². The average molecular weight is 476 g/mol. The van der Waals surface area contributed by atoms with Crippen molar-refractivity contribution in [2.75, 3.05) is 23.4 Å².